The maximum absolute atomic E-state index is 14.1. The Bertz CT molecular complexity index is 1530. The molecule has 0 bridgehead atoms. The summed E-state index contributed by atoms with van der Waals surface area (Å²) in [6.07, 6.45) is -4.80. The number of fused-ring (bicyclic) bond motifs is 2. The van der Waals surface area contributed by atoms with Crippen molar-refractivity contribution in [2.45, 2.75) is 13.1 Å². The number of benzene rings is 2. The Kier molecular flexibility index (Phi) is 4.97. The van der Waals surface area contributed by atoms with Gasteiger partial charge in [-0.3, -0.25) is 14.3 Å². The molecule has 0 fully saturated rings. The maximum Gasteiger partial charge on any atom is 0.417 e. The van der Waals surface area contributed by atoms with Crippen LogP contribution in [0.5, 0.6) is 11.5 Å². The minimum Gasteiger partial charge on any atom is -0.486 e. The zero-order chi connectivity index (χ0) is 23.3. The van der Waals surface area contributed by atoms with Crippen molar-refractivity contribution < 1.29 is 22.6 Å². The summed E-state index contributed by atoms with van der Waals surface area (Å²) in [5.74, 6) is 0.914. The Morgan fingerprint density at radius 1 is 1.06 bits per heavy atom. The highest BCUT2D eigenvalue weighted by molar-refractivity contribution is 7.71. The molecule has 0 aliphatic carbocycles. The van der Waals surface area contributed by atoms with Gasteiger partial charge in [0.1, 0.15) is 13.2 Å². The number of aryl methyl sites for hydroxylation is 1. The lowest BCUT2D eigenvalue weighted by atomic mass is 10.1. The van der Waals surface area contributed by atoms with E-state index >= 15 is 0 Å². The number of nitrogens with zero attached hydrogens (tertiary/aromatic N) is 2. The Morgan fingerprint density at radius 2 is 1.82 bits per heavy atom. The molecule has 0 atom stereocenters. The maximum atomic E-state index is 14.1. The van der Waals surface area contributed by atoms with Gasteiger partial charge in [0.25, 0.3) is 5.56 Å². The topological polar surface area (TPSA) is 69.1 Å². The molecule has 3 heterocycles. The van der Waals surface area contributed by atoms with Gasteiger partial charge in [-0.15, -0.1) is 0 Å². The normalized spacial score (nSPS) is 13.3. The molecule has 0 amide bonds. The van der Waals surface area contributed by atoms with E-state index in [1.165, 1.54) is 4.57 Å². The number of alkyl halides is 3. The molecular formula is C23H16F3N3O3S. The van der Waals surface area contributed by atoms with E-state index in [-0.39, 0.29) is 16.1 Å². The first-order chi connectivity index (χ1) is 15.7. The zero-order valence-corrected chi connectivity index (χ0v) is 18.0. The molecule has 0 spiro atoms. The third-order valence-electron chi connectivity index (χ3n) is 5.27. The quantitative estimate of drug-likeness (QED) is 0.407. The van der Waals surface area contributed by atoms with Gasteiger partial charge >= 0.3 is 6.18 Å². The number of hydrogen-bond acceptors (Lipinski definition) is 5. The van der Waals surface area contributed by atoms with E-state index in [9.17, 15) is 18.0 Å². The molecule has 0 unspecified atom stereocenters. The van der Waals surface area contributed by atoms with Gasteiger partial charge in [-0.25, -0.2) is 4.98 Å². The summed E-state index contributed by atoms with van der Waals surface area (Å²) in [7, 11) is 0. The molecule has 2 aromatic heterocycles. The molecule has 10 heteroatoms. The number of hydrogen-bond donors (Lipinski definition) is 1. The lowest BCUT2D eigenvalue weighted by Crippen LogP contribution is -2.20. The monoisotopic (exact) mass is 471 g/mol. The van der Waals surface area contributed by atoms with Crippen molar-refractivity contribution in [3.8, 4) is 28.4 Å². The second-order valence-corrected chi connectivity index (χ2v) is 7.93. The summed E-state index contributed by atoms with van der Waals surface area (Å²) in [5.41, 5.74) is -0.479. The van der Waals surface area contributed by atoms with Crippen LogP contribution in [0.2, 0.25) is 0 Å². The van der Waals surface area contributed by atoms with E-state index in [0.29, 0.717) is 36.0 Å². The number of aromatic nitrogens is 3. The fraction of sp³-hybridized carbons (Fsp3) is 0.174. The van der Waals surface area contributed by atoms with E-state index in [0.717, 1.165) is 11.6 Å². The molecule has 4 aromatic rings. The van der Waals surface area contributed by atoms with E-state index in [4.69, 9.17) is 21.7 Å². The third-order valence-corrected chi connectivity index (χ3v) is 5.55. The molecule has 168 valence electrons. The van der Waals surface area contributed by atoms with Crippen LogP contribution in [0.25, 0.3) is 28.0 Å². The number of halogens is 3. The van der Waals surface area contributed by atoms with Crippen molar-refractivity contribution in [2.75, 3.05) is 13.2 Å². The second kappa shape index (κ2) is 7.73. The van der Waals surface area contributed by atoms with Gasteiger partial charge in [0.2, 0.25) is 0 Å². The molecule has 1 N–H and O–H groups in total. The summed E-state index contributed by atoms with van der Waals surface area (Å²) >= 11 is 5.32. The van der Waals surface area contributed by atoms with Crippen LogP contribution in [0.4, 0.5) is 13.2 Å². The first kappa shape index (κ1) is 21.2. The van der Waals surface area contributed by atoms with E-state index in [2.05, 4.69) is 9.97 Å². The highest BCUT2D eigenvalue weighted by atomic mass is 32.1. The number of H-pyrrole nitrogens is 1. The van der Waals surface area contributed by atoms with Crippen LogP contribution in [0, 0.1) is 11.7 Å². The zero-order valence-electron chi connectivity index (χ0n) is 17.2. The Labute approximate surface area is 190 Å². The van der Waals surface area contributed by atoms with E-state index in [1.54, 1.807) is 36.4 Å². The van der Waals surface area contributed by atoms with Gasteiger partial charge in [-0.1, -0.05) is 12.1 Å². The van der Waals surface area contributed by atoms with E-state index < -0.39 is 22.7 Å². The molecular weight excluding hydrogens is 455 g/mol. The molecule has 0 radical (unpaired) electrons. The van der Waals surface area contributed by atoms with Crippen molar-refractivity contribution >= 4 is 23.3 Å². The van der Waals surface area contributed by atoms with Crippen LogP contribution >= 0.6 is 12.2 Å². The van der Waals surface area contributed by atoms with Crippen molar-refractivity contribution in [1.29, 1.82) is 0 Å². The summed E-state index contributed by atoms with van der Waals surface area (Å²) in [6.45, 7) is 2.56. The number of rotatable bonds is 2. The smallest absolute Gasteiger partial charge is 0.417 e. The van der Waals surface area contributed by atoms with Crippen LogP contribution in [0.3, 0.4) is 0 Å². The molecule has 1 aliphatic rings. The van der Waals surface area contributed by atoms with Crippen LogP contribution < -0.4 is 15.0 Å². The highest BCUT2D eigenvalue weighted by Crippen LogP contribution is 2.38. The number of pyridine rings is 1. The minimum atomic E-state index is -4.80. The Balaban J connectivity index is 1.87. The average molecular weight is 471 g/mol. The van der Waals surface area contributed by atoms with Crippen LogP contribution in [-0.2, 0) is 6.18 Å². The largest absolute Gasteiger partial charge is 0.486 e. The predicted octanol–water partition coefficient (Wildman–Crippen LogP) is 5.21. The molecule has 5 rings (SSSR count). The van der Waals surface area contributed by atoms with E-state index in [1.807, 2.05) is 13.0 Å². The molecule has 2 aromatic carbocycles. The summed E-state index contributed by atoms with van der Waals surface area (Å²) in [6, 6.07) is 12.7. The van der Waals surface area contributed by atoms with Gasteiger partial charge < -0.3 is 9.47 Å². The summed E-state index contributed by atoms with van der Waals surface area (Å²) in [4.78, 5) is 19.5. The Morgan fingerprint density at radius 3 is 2.55 bits per heavy atom. The fourth-order valence-corrected chi connectivity index (χ4v) is 4.09. The van der Waals surface area contributed by atoms with Gasteiger partial charge in [0.15, 0.2) is 21.9 Å². The van der Waals surface area contributed by atoms with Crippen molar-refractivity contribution in [2.24, 2.45) is 0 Å². The second-order valence-electron chi connectivity index (χ2n) is 7.54. The molecule has 0 saturated carbocycles. The number of nitrogens with one attached hydrogen (secondary N) is 1. The molecule has 0 saturated heterocycles. The minimum absolute atomic E-state index is 0.0215. The fourth-order valence-electron chi connectivity index (χ4n) is 3.81. The first-order valence-corrected chi connectivity index (χ1v) is 10.4. The molecule has 33 heavy (non-hydrogen) atoms. The highest BCUT2D eigenvalue weighted by Gasteiger charge is 2.36. The SMILES string of the molecule is Cc1cccc(-n2c(=S)[nH]c(=O)c3c(C(F)(F)F)cc(-c4ccc5c(c4)OCCO5)nc32)c1. The van der Waals surface area contributed by atoms with Gasteiger partial charge in [-0.2, -0.15) is 13.2 Å². The van der Waals surface area contributed by atoms with Crippen molar-refractivity contribution in [3.05, 3.63) is 74.8 Å². The van der Waals surface area contributed by atoms with Crippen molar-refractivity contribution in [3.63, 3.8) is 0 Å². The van der Waals surface area contributed by atoms with Crippen LogP contribution in [-0.4, -0.2) is 27.7 Å². The third kappa shape index (κ3) is 3.76. The number of aromatic amines is 1. The summed E-state index contributed by atoms with van der Waals surface area (Å²) in [5, 5.41) is -0.584. The lowest BCUT2D eigenvalue weighted by molar-refractivity contribution is -0.136. The van der Waals surface area contributed by atoms with Crippen LogP contribution in [0.15, 0.2) is 53.3 Å². The van der Waals surface area contributed by atoms with Gasteiger partial charge in [0, 0.05) is 5.56 Å². The average Bonchev–Trinajstić information content (AvgIpc) is 2.77. The van der Waals surface area contributed by atoms with Crippen LogP contribution in [0.1, 0.15) is 11.1 Å². The lowest BCUT2D eigenvalue weighted by Gasteiger charge is -2.19. The summed E-state index contributed by atoms with van der Waals surface area (Å²) < 4.78 is 54.7. The Hall–Kier alpha value is -3.66. The number of ether oxygens (including phenoxy) is 2. The van der Waals surface area contributed by atoms with Crippen molar-refractivity contribution in [1.82, 2.24) is 14.5 Å². The van der Waals surface area contributed by atoms with Gasteiger partial charge in [-0.05, 0) is 61.1 Å². The standard InChI is InChI=1S/C23H16F3N3O3S/c1-12-3-2-4-14(9-12)29-20-19(21(30)28-22(29)33)15(23(24,25)26)11-16(27-20)13-5-6-17-18(10-13)32-8-7-31-17/h2-6,9-11H,7-8H2,1H3,(H,28,30,33). The molecule has 6 nitrogen and oxygen atoms in total. The predicted molar refractivity (Wildman–Crippen MR) is 119 cm³/mol. The first-order valence-electron chi connectivity index (χ1n) is 9.97. The van der Waals surface area contributed by atoms with Gasteiger partial charge in [0.05, 0.1) is 22.3 Å². The molecule has 1 aliphatic heterocycles.